The van der Waals surface area contributed by atoms with Crippen molar-refractivity contribution in [3.05, 3.63) is 95.3 Å². The Morgan fingerprint density at radius 2 is 1.55 bits per heavy atom. The van der Waals surface area contributed by atoms with Gasteiger partial charge in [0.1, 0.15) is 18.4 Å². The molecule has 1 N–H and O–H groups in total. The van der Waals surface area contributed by atoms with Gasteiger partial charge >= 0.3 is 0 Å². The van der Waals surface area contributed by atoms with Crippen molar-refractivity contribution in [2.45, 2.75) is 71.0 Å². The van der Waals surface area contributed by atoms with Crippen molar-refractivity contribution in [1.29, 1.82) is 0 Å². The quantitative estimate of drug-likeness (QED) is 0.319. The molecule has 0 aliphatic heterocycles. The Labute approximate surface area is 237 Å². The van der Waals surface area contributed by atoms with Crippen LogP contribution in [0.2, 0.25) is 0 Å². The van der Waals surface area contributed by atoms with Crippen molar-refractivity contribution in [3.63, 3.8) is 0 Å². The number of nitrogens with one attached hydrogen (secondary N) is 1. The van der Waals surface area contributed by atoms with E-state index < -0.39 is 34.3 Å². The average Bonchev–Trinajstić information content (AvgIpc) is 2.94. The first-order chi connectivity index (χ1) is 19.0. The molecular formula is C31H38FN3O4S. The van der Waals surface area contributed by atoms with Crippen molar-refractivity contribution >= 4 is 27.5 Å². The van der Waals surface area contributed by atoms with Crippen LogP contribution in [0.4, 0.5) is 10.1 Å². The summed E-state index contributed by atoms with van der Waals surface area (Å²) < 4.78 is 42.6. The molecule has 0 heterocycles. The van der Waals surface area contributed by atoms with E-state index in [-0.39, 0.29) is 23.4 Å². The number of nitrogens with zero attached hydrogens (tertiary/aromatic N) is 2. The number of aryl methyl sites for hydroxylation is 1. The monoisotopic (exact) mass is 567 g/mol. The average molecular weight is 568 g/mol. The van der Waals surface area contributed by atoms with E-state index in [2.05, 4.69) is 5.32 Å². The molecule has 3 aromatic carbocycles. The Hall–Kier alpha value is -3.72. The molecule has 3 aromatic rings. The van der Waals surface area contributed by atoms with Crippen LogP contribution in [-0.2, 0) is 26.2 Å². The standard InChI is InChI=1S/C31H38FN3O4S/c1-6-23(4)33-31(37)28(7-2)34(20-25-16-18-26(32)19-17-25)30(36)21-35(29-15-11-12-22(3)24(29)5)40(38,39)27-13-9-8-10-14-27/h8-19,23,28H,6-7,20-21H2,1-5H3,(H,33,37). The number of benzene rings is 3. The van der Waals surface area contributed by atoms with Gasteiger partial charge < -0.3 is 10.2 Å². The van der Waals surface area contributed by atoms with Crippen LogP contribution in [0.15, 0.2) is 77.7 Å². The van der Waals surface area contributed by atoms with Crippen LogP contribution >= 0.6 is 0 Å². The molecule has 7 nitrogen and oxygen atoms in total. The Kier molecular flexibility index (Phi) is 10.5. The summed E-state index contributed by atoms with van der Waals surface area (Å²) in [4.78, 5) is 28.9. The largest absolute Gasteiger partial charge is 0.352 e. The molecule has 0 saturated heterocycles. The number of rotatable bonds is 12. The Morgan fingerprint density at radius 3 is 2.15 bits per heavy atom. The fourth-order valence-corrected chi connectivity index (χ4v) is 5.88. The molecule has 9 heteroatoms. The van der Waals surface area contributed by atoms with Gasteiger partial charge in [-0.25, -0.2) is 12.8 Å². The maximum atomic E-state index is 14.1. The van der Waals surface area contributed by atoms with Gasteiger partial charge in [-0.3, -0.25) is 13.9 Å². The fourth-order valence-electron chi connectivity index (χ4n) is 4.39. The number of halogens is 1. The molecule has 0 bridgehead atoms. The Bertz CT molecular complexity index is 1410. The van der Waals surface area contributed by atoms with Crippen molar-refractivity contribution in [2.24, 2.45) is 0 Å². The minimum absolute atomic E-state index is 0.0115. The lowest BCUT2D eigenvalue weighted by molar-refractivity contribution is -0.140. The lowest BCUT2D eigenvalue weighted by Gasteiger charge is -2.34. The molecule has 0 spiro atoms. The number of carbonyl (C=O) groups excluding carboxylic acids is 2. The molecule has 40 heavy (non-hydrogen) atoms. The molecule has 3 rings (SSSR count). The fraction of sp³-hybridized carbons (Fsp3) is 0.355. The molecule has 214 valence electrons. The first kappa shape index (κ1) is 30.8. The van der Waals surface area contributed by atoms with E-state index in [9.17, 15) is 22.4 Å². The van der Waals surface area contributed by atoms with E-state index in [1.165, 1.54) is 29.2 Å². The van der Waals surface area contributed by atoms with Gasteiger partial charge in [-0.05, 0) is 80.6 Å². The second kappa shape index (κ2) is 13.6. The number of carbonyl (C=O) groups is 2. The lowest BCUT2D eigenvalue weighted by Crippen LogP contribution is -2.53. The maximum Gasteiger partial charge on any atom is 0.264 e. The molecule has 2 atom stereocenters. The molecule has 0 radical (unpaired) electrons. The molecule has 0 saturated carbocycles. The first-order valence-electron chi connectivity index (χ1n) is 13.5. The first-order valence-corrected chi connectivity index (χ1v) is 14.9. The summed E-state index contributed by atoms with van der Waals surface area (Å²) in [5, 5.41) is 2.94. The van der Waals surface area contributed by atoms with Crippen LogP contribution in [0.5, 0.6) is 0 Å². The Balaban J connectivity index is 2.08. The summed E-state index contributed by atoms with van der Waals surface area (Å²) in [6.45, 7) is 8.81. The zero-order chi connectivity index (χ0) is 29.4. The summed E-state index contributed by atoms with van der Waals surface area (Å²) >= 11 is 0. The zero-order valence-corrected chi connectivity index (χ0v) is 24.5. The second-order valence-electron chi connectivity index (χ2n) is 9.93. The molecule has 2 unspecified atom stereocenters. The van der Waals surface area contributed by atoms with Crippen LogP contribution in [-0.4, -0.2) is 43.8 Å². The normalized spacial score (nSPS) is 12.8. The minimum Gasteiger partial charge on any atom is -0.352 e. The number of anilines is 1. The maximum absolute atomic E-state index is 14.1. The predicted molar refractivity (Wildman–Crippen MR) is 156 cm³/mol. The summed E-state index contributed by atoms with van der Waals surface area (Å²) in [6, 6.07) is 18.0. The highest BCUT2D eigenvalue weighted by Crippen LogP contribution is 2.29. The number of hydrogen-bond acceptors (Lipinski definition) is 4. The van der Waals surface area contributed by atoms with Crippen LogP contribution in [0.1, 0.15) is 50.3 Å². The second-order valence-corrected chi connectivity index (χ2v) is 11.8. The van der Waals surface area contributed by atoms with E-state index in [4.69, 9.17) is 0 Å². The number of amides is 2. The van der Waals surface area contributed by atoms with Gasteiger partial charge in [-0.15, -0.1) is 0 Å². The van der Waals surface area contributed by atoms with E-state index in [1.54, 1.807) is 49.4 Å². The van der Waals surface area contributed by atoms with Gasteiger partial charge in [-0.1, -0.05) is 56.3 Å². The van der Waals surface area contributed by atoms with E-state index >= 15 is 0 Å². The van der Waals surface area contributed by atoms with E-state index in [1.807, 2.05) is 33.8 Å². The lowest BCUT2D eigenvalue weighted by atomic mass is 10.1. The predicted octanol–water partition coefficient (Wildman–Crippen LogP) is 5.36. The van der Waals surface area contributed by atoms with E-state index in [0.29, 0.717) is 24.1 Å². The number of sulfonamides is 1. The highest BCUT2D eigenvalue weighted by Gasteiger charge is 2.34. The van der Waals surface area contributed by atoms with Crippen LogP contribution in [0, 0.1) is 19.7 Å². The smallest absolute Gasteiger partial charge is 0.264 e. The highest BCUT2D eigenvalue weighted by molar-refractivity contribution is 7.92. The number of hydrogen-bond donors (Lipinski definition) is 1. The Morgan fingerprint density at radius 1 is 0.900 bits per heavy atom. The van der Waals surface area contributed by atoms with Crippen molar-refractivity contribution in [3.8, 4) is 0 Å². The van der Waals surface area contributed by atoms with Crippen molar-refractivity contribution < 1.29 is 22.4 Å². The summed E-state index contributed by atoms with van der Waals surface area (Å²) in [6.07, 6.45) is 1.02. The summed E-state index contributed by atoms with van der Waals surface area (Å²) in [5.74, 6) is -1.29. The molecule has 0 aliphatic carbocycles. The van der Waals surface area contributed by atoms with Gasteiger partial charge in [0.05, 0.1) is 10.6 Å². The van der Waals surface area contributed by atoms with Crippen LogP contribution in [0.25, 0.3) is 0 Å². The third kappa shape index (κ3) is 7.27. The topological polar surface area (TPSA) is 86.8 Å². The van der Waals surface area contributed by atoms with Gasteiger partial charge in [-0.2, -0.15) is 0 Å². The molecule has 2 amide bonds. The summed E-state index contributed by atoms with van der Waals surface area (Å²) in [5.41, 5.74) is 2.60. The summed E-state index contributed by atoms with van der Waals surface area (Å²) in [7, 11) is -4.14. The third-order valence-electron chi connectivity index (χ3n) is 7.11. The van der Waals surface area contributed by atoms with Gasteiger partial charge in [0, 0.05) is 12.6 Å². The van der Waals surface area contributed by atoms with Crippen molar-refractivity contribution in [1.82, 2.24) is 10.2 Å². The van der Waals surface area contributed by atoms with E-state index in [0.717, 1.165) is 15.4 Å². The zero-order valence-electron chi connectivity index (χ0n) is 23.7. The molecule has 0 aliphatic rings. The van der Waals surface area contributed by atoms with Crippen molar-refractivity contribution in [2.75, 3.05) is 10.8 Å². The third-order valence-corrected chi connectivity index (χ3v) is 8.88. The van der Waals surface area contributed by atoms with Crippen LogP contribution < -0.4 is 9.62 Å². The minimum atomic E-state index is -4.14. The van der Waals surface area contributed by atoms with Gasteiger partial charge in [0.15, 0.2) is 0 Å². The SMILES string of the molecule is CCC(C)NC(=O)C(CC)N(Cc1ccc(F)cc1)C(=O)CN(c1cccc(C)c1C)S(=O)(=O)c1ccccc1. The van der Waals surface area contributed by atoms with Gasteiger partial charge in [0.2, 0.25) is 11.8 Å². The van der Waals surface area contributed by atoms with Crippen LogP contribution in [0.3, 0.4) is 0 Å². The highest BCUT2D eigenvalue weighted by atomic mass is 32.2. The molecule has 0 aromatic heterocycles. The molecule has 0 fully saturated rings. The molecular weight excluding hydrogens is 529 g/mol. The van der Waals surface area contributed by atoms with Gasteiger partial charge in [0.25, 0.3) is 10.0 Å².